The number of nitrogens with one attached hydrogen (secondary N) is 1. The molecule has 0 amide bonds. The predicted molar refractivity (Wildman–Crippen MR) is 60.4 cm³/mol. The van der Waals surface area contributed by atoms with Crippen LogP contribution in [0.1, 0.15) is 0 Å². The standard InChI is InChI=1S/C12H13NO3/c1-3-7-16-12(15)10-6-4-5-9(8-14)11(10)13-2/h3-6,11,13H,1,7H2,2H3. The molecule has 0 aromatic carbocycles. The molecule has 0 spiro atoms. The third-order valence-electron chi connectivity index (χ3n) is 2.15. The second kappa shape index (κ2) is 5.85. The van der Waals surface area contributed by atoms with Crippen LogP contribution in [0.4, 0.5) is 0 Å². The van der Waals surface area contributed by atoms with Gasteiger partial charge in [-0.3, -0.25) is 0 Å². The van der Waals surface area contributed by atoms with Crippen LogP contribution in [0, 0.1) is 0 Å². The highest BCUT2D eigenvalue weighted by atomic mass is 16.5. The molecule has 1 aliphatic carbocycles. The Kier molecular flexibility index (Phi) is 4.45. The Morgan fingerprint density at radius 2 is 2.50 bits per heavy atom. The van der Waals surface area contributed by atoms with Gasteiger partial charge in [-0.05, 0) is 19.2 Å². The molecule has 1 aliphatic rings. The topological polar surface area (TPSA) is 55.4 Å². The molecule has 0 aromatic rings. The van der Waals surface area contributed by atoms with Gasteiger partial charge in [0.1, 0.15) is 12.5 Å². The fourth-order valence-electron chi connectivity index (χ4n) is 1.42. The van der Waals surface area contributed by atoms with Crippen LogP contribution in [0.15, 0.2) is 42.0 Å². The zero-order chi connectivity index (χ0) is 12.0. The summed E-state index contributed by atoms with van der Waals surface area (Å²) >= 11 is 0. The Labute approximate surface area is 94.0 Å². The largest absolute Gasteiger partial charge is 0.458 e. The third-order valence-corrected chi connectivity index (χ3v) is 2.15. The van der Waals surface area contributed by atoms with Crippen LogP contribution >= 0.6 is 0 Å². The molecule has 1 unspecified atom stereocenters. The monoisotopic (exact) mass is 219 g/mol. The minimum Gasteiger partial charge on any atom is -0.458 e. The van der Waals surface area contributed by atoms with Crippen LogP contribution in [0.25, 0.3) is 0 Å². The highest BCUT2D eigenvalue weighted by Crippen LogP contribution is 2.17. The lowest BCUT2D eigenvalue weighted by Crippen LogP contribution is -2.34. The molecule has 0 aliphatic heterocycles. The summed E-state index contributed by atoms with van der Waals surface area (Å²) in [6.45, 7) is 3.60. The van der Waals surface area contributed by atoms with E-state index in [-0.39, 0.29) is 6.61 Å². The van der Waals surface area contributed by atoms with E-state index in [1.54, 1.807) is 31.2 Å². The van der Waals surface area contributed by atoms with E-state index < -0.39 is 12.0 Å². The number of carbonyl (C=O) groups excluding carboxylic acids is 2. The van der Waals surface area contributed by atoms with E-state index in [1.807, 2.05) is 0 Å². The SMILES string of the molecule is C=CCOC(=O)C1=CC=CC(=C=O)C1NC. The summed E-state index contributed by atoms with van der Waals surface area (Å²) in [5, 5.41) is 2.87. The summed E-state index contributed by atoms with van der Waals surface area (Å²) in [6.07, 6.45) is 6.34. The molecule has 1 N–H and O–H groups in total. The van der Waals surface area contributed by atoms with Gasteiger partial charge in [-0.15, -0.1) is 0 Å². The van der Waals surface area contributed by atoms with Crippen molar-refractivity contribution in [3.8, 4) is 0 Å². The van der Waals surface area contributed by atoms with Gasteiger partial charge in [0, 0.05) is 0 Å². The van der Waals surface area contributed by atoms with E-state index in [0.29, 0.717) is 11.1 Å². The average Bonchev–Trinajstić information content (AvgIpc) is 2.34. The molecular formula is C12H13NO3. The molecule has 0 fully saturated rings. The van der Waals surface area contributed by atoms with Gasteiger partial charge >= 0.3 is 5.97 Å². The maximum Gasteiger partial charge on any atom is 0.336 e. The highest BCUT2D eigenvalue weighted by Gasteiger charge is 2.25. The quantitative estimate of drug-likeness (QED) is 0.426. The minimum absolute atomic E-state index is 0.149. The van der Waals surface area contributed by atoms with Gasteiger partial charge in [0.15, 0.2) is 0 Å². The molecule has 0 radical (unpaired) electrons. The number of ether oxygens (including phenoxy) is 1. The van der Waals surface area contributed by atoms with Gasteiger partial charge in [-0.2, -0.15) is 0 Å². The van der Waals surface area contributed by atoms with Gasteiger partial charge in [-0.25, -0.2) is 9.59 Å². The van der Waals surface area contributed by atoms with Crippen LogP contribution in [0.5, 0.6) is 0 Å². The van der Waals surface area contributed by atoms with Crippen LogP contribution < -0.4 is 5.32 Å². The lowest BCUT2D eigenvalue weighted by atomic mass is 9.95. The first-order valence-corrected chi connectivity index (χ1v) is 4.83. The minimum atomic E-state index is -0.462. The second-order valence-corrected chi connectivity index (χ2v) is 3.15. The fraction of sp³-hybridized carbons (Fsp3) is 0.250. The maximum atomic E-state index is 11.6. The molecule has 0 saturated carbocycles. The van der Waals surface area contributed by atoms with Gasteiger partial charge < -0.3 is 10.1 Å². The van der Waals surface area contributed by atoms with Gasteiger partial charge in [0.25, 0.3) is 0 Å². The lowest BCUT2D eigenvalue weighted by Gasteiger charge is -2.19. The van der Waals surface area contributed by atoms with E-state index in [0.717, 1.165) is 0 Å². The van der Waals surface area contributed by atoms with Gasteiger partial charge in [-0.1, -0.05) is 18.7 Å². The number of rotatable bonds is 4. The van der Waals surface area contributed by atoms with Crippen molar-refractivity contribution in [2.24, 2.45) is 0 Å². The number of hydrogen-bond donors (Lipinski definition) is 1. The first-order chi connectivity index (χ1) is 7.74. The Balaban J connectivity index is 2.89. The summed E-state index contributed by atoms with van der Waals surface area (Å²) in [5.41, 5.74) is 0.778. The van der Waals surface area contributed by atoms with E-state index in [4.69, 9.17) is 4.74 Å². The second-order valence-electron chi connectivity index (χ2n) is 3.15. The lowest BCUT2D eigenvalue weighted by molar-refractivity contribution is -0.138. The molecular weight excluding hydrogens is 206 g/mol. The van der Waals surface area contributed by atoms with E-state index in [2.05, 4.69) is 11.9 Å². The molecule has 16 heavy (non-hydrogen) atoms. The normalized spacial score (nSPS) is 18.7. The number of allylic oxidation sites excluding steroid dienone is 2. The summed E-state index contributed by atoms with van der Waals surface area (Å²) in [7, 11) is 1.66. The summed E-state index contributed by atoms with van der Waals surface area (Å²) in [6, 6.07) is -0.459. The van der Waals surface area contributed by atoms with Crippen LogP contribution in [0.2, 0.25) is 0 Å². The van der Waals surface area contributed by atoms with Crippen molar-refractivity contribution in [3.05, 3.63) is 42.0 Å². The smallest absolute Gasteiger partial charge is 0.336 e. The summed E-state index contributed by atoms with van der Waals surface area (Å²) < 4.78 is 4.91. The zero-order valence-electron chi connectivity index (χ0n) is 9.03. The third kappa shape index (κ3) is 2.57. The van der Waals surface area contributed by atoms with Crippen LogP contribution in [0.3, 0.4) is 0 Å². The van der Waals surface area contributed by atoms with E-state index in [1.165, 1.54) is 6.08 Å². The molecule has 1 atom stereocenters. The van der Waals surface area contributed by atoms with Gasteiger partial charge in [0.2, 0.25) is 0 Å². The molecule has 0 heterocycles. The van der Waals surface area contributed by atoms with Crippen LogP contribution in [-0.4, -0.2) is 31.6 Å². The molecule has 4 nitrogen and oxygen atoms in total. The Hall–Kier alpha value is -1.90. The maximum absolute atomic E-state index is 11.6. The van der Waals surface area contributed by atoms with Crippen molar-refractivity contribution in [2.45, 2.75) is 6.04 Å². The van der Waals surface area contributed by atoms with E-state index in [9.17, 15) is 9.59 Å². The van der Waals surface area contributed by atoms with Crippen molar-refractivity contribution >= 4 is 11.9 Å². The first-order valence-electron chi connectivity index (χ1n) is 4.83. The van der Waals surface area contributed by atoms with Crippen molar-refractivity contribution in [1.29, 1.82) is 0 Å². The molecule has 0 aromatic heterocycles. The van der Waals surface area contributed by atoms with Crippen molar-refractivity contribution in [2.75, 3.05) is 13.7 Å². The number of hydrogen-bond acceptors (Lipinski definition) is 4. The molecule has 0 saturated heterocycles. The molecule has 4 heteroatoms. The van der Waals surface area contributed by atoms with Crippen molar-refractivity contribution in [1.82, 2.24) is 5.32 Å². The molecule has 84 valence electrons. The number of carbonyl (C=O) groups is 1. The predicted octanol–water partition coefficient (Wildman–Crippen LogP) is 0.558. The van der Waals surface area contributed by atoms with E-state index >= 15 is 0 Å². The summed E-state index contributed by atoms with van der Waals surface area (Å²) in [5.74, 6) is 1.33. The zero-order valence-corrected chi connectivity index (χ0v) is 9.03. The Bertz CT molecular complexity index is 400. The number of esters is 1. The fourth-order valence-corrected chi connectivity index (χ4v) is 1.42. The molecule has 0 bridgehead atoms. The Morgan fingerprint density at radius 3 is 3.06 bits per heavy atom. The summed E-state index contributed by atoms with van der Waals surface area (Å²) in [4.78, 5) is 22.3. The van der Waals surface area contributed by atoms with Gasteiger partial charge in [0.05, 0.1) is 17.2 Å². The first kappa shape index (κ1) is 12.2. The van der Waals surface area contributed by atoms with Crippen molar-refractivity contribution in [3.63, 3.8) is 0 Å². The number of likely N-dealkylation sites (N-methyl/N-ethyl adjacent to an activating group) is 1. The van der Waals surface area contributed by atoms with Crippen molar-refractivity contribution < 1.29 is 14.3 Å². The average molecular weight is 219 g/mol. The van der Waals surface area contributed by atoms with Crippen LogP contribution in [-0.2, 0) is 14.3 Å². The Morgan fingerprint density at radius 1 is 1.75 bits per heavy atom. The molecule has 1 rings (SSSR count). The highest BCUT2D eigenvalue weighted by molar-refractivity contribution is 5.93.